The van der Waals surface area contributed by atoms with E-state index in [9.17, 15) is 12.8 Å². The highest BCUT2D eigenvalue weighted by atomic mass is 32.2. The van der Waals surface area contributed by atoms with Crippen molar-refractivity contribution in [3.63, 3.8) is 0 Å². The van der Waals surface area contributed by atoms with E-state index in [1.807, 2.05) is 24.3 Å². The highest BCUT2D eigenvalue weighted by Gasteiger charge is 2.07. The van der Waals surface area contributed by atoms with Crippen LogP contribution in [0.1, 0.15) is 0 Å². The second-order valence-corrected chi connectivity index (χ2v) is 7.40. The molecule has 23 heavy (non-hydrogen) atoms. The molecule has 0 saturated carbocycles. The Balaban J connectivity index is 1.89. The molecule has 0 amide bonds. The van der Waals surface area contributed by atoms with E-state index in [1.165, 1.54) is 18.4 Å². The van der Waals surface area contributed by atoms with Crippen molar-refractivity contribution in [1.82, 2.24) is 0 Å². The maximum Gasteiger partial charge on any atom is 0.175 e. The van der Waals surface area contributed by atoms with Crippen LogP contribution in [-0.4, -0.2) is 14.7 Å². The topological polar surface area (TPSA) is 34.1 Å². The van der Waals surface area contributed by atoms with E-state index in [2.05, 4.69) is 0 Å². The van der Waals surface area contributed by atoms with Gasteiger partial charge in [0.15, 0.2) is 9.84 Å². The van der Waals surface area contributed by atoms with Gasteiger partial charge in [0.1, 0.15) is 5.82 Å². The minimum Gasteiger partial charge on any atom is -0.224 e. The maximum absolute atomic E-state index is 13.0. The third kappa shape index (κ3) is 3.48. The first-order valence-electron chi connectivity index (χ1n) is 7.10. The van der Waals surface area contributed by atoms with Crippen LogP contribution >= 0.6 is 0 Å². The molecule has 0 aromatic heterocycles. The molecule has 4 heteroatoms. The van der Waals surface area contributed by atoms with E-state index in [0.717, 1.165) is 22.3 Å². The minimum absolute atomic E-state index is 0.253. The molecule has 0 heterocycles. The SMILES string of the molecule is CS(=O)(=O)c1ccc(-c2ccc(-c3ccc(F)cc3)cc2)cc1. The molecule has 0 bridgehead atoms. The average Bonchev–Trinajstić information content (AvgIpc) is 2.55. The van der Waals surface area contributed by atoms with E-state index in [1.54, 1.807) is 36.4 Å². The Morgan fingerprint density at radius 2 is 0.913 bits per heavy atom. The maximum atomic E-state index is 13.0. The molecule has 0 saturated heterocycles. The first kappa shape index (κ1) is 15.4. The number of sulfone groups is 1. The molecule has 0 N–H and O–H groups in total. The number of benzene rings is 3. The molecule has 3 rings (SSSR count). The van der Waals surface area contributed by atoms with E-state index in [4.69, 9.17) is 0 Å². The van der Waals surface area contributed by atoms with Crippen LogP contribution in [-0.2, 0) is 9.84 Å². The summed E-state index contributed by atoms with van der Waals surface area (Å²) in [5, 5.41) is 0. The molecule has 0 fully saturated rings. The molecule has 3 aromatic carbocycles. The highest BCUT2D eigenvalue weighted by Crippen LogP contribution is 2.26. The molecule has 0 atom stereocenters. The largest absolute Gasteiger partial charge is 0.224 e. The van der Waals surface area contributed by atoms with Gasteiger partial charge in [0, 0.05) is 6.26 Å². The normalized spacial score (nSPS) is 11.4. The van der Waals surface area contributed by atoms with Crippen LogP contribution in [0, 0.1) is 5.82 Å². The molecule has 116 valence electrons. The van der Waals surface area contributed by atoms with Gasteiger partial charge >= 0.3 is 0 Å². The second-order valence-electron chi connectivity index (χ2n) is 5.38. The van der Waals surface area contributed by atoms with Crippen molar-refractivity contribution < 1.29 is 12.8 Å². The molecule has 0 unspecified atom stereocenters. The van der Waals surface area contributed by atoms with E-state index in [-0.39, 0.29) is 5.82 Å². The summed E-state index contributed by atoms with van der Waals surface area (Å²) in [5.74, 6) is -0.253. The second kappa shape index (κ2) is 5.97. The van der Waals surface area contributed by atoms with Crippen LogP contribution in [0.4, 0.5) is 4.39 Å². The van der Waals surface area contributed by atoms with Crippen LogP contribution in [0.5, 0.6) is 0 Å². The summed E-state index contributed by atoms with van der Waals surface area (Å²) < 4.78 is 35.9. The molecule has 0 aliphatic carbocycles. The standard InChI is InChI=1S/C19H15FO2S/c1-23(21,22)19-12-8-17(9-13-19)15-4-2-14(3-5-15)16-6-10-18(20)11-7-16/h2-13H,1H3. The van der Waals surface area contributed by atoms with Crippen molar-refractivity contribution in [2.24, 2.45) is 0 Å². The summed E-state index contributed by atoms with van der Waals surface area (Å²) in [5.41, 5.74) is 3.89. The van der Waals surface area contributed by atoms with Gasteiger partial charge in [0.2, 0.25) is 0 Å². The molecule has 0 radical (unpaired) electrons. The Kier molecular flexibility index (Phi) is 4.01. The predicted octanol–water partition coefficient (Wildman–Crippen LogP) is 4.56. The molecular weight excluding hydrogens is 311 g/mol. The molecule has 0 aliphatic rings. The number of rotatable bonds is 3. The lowest BCUT2D eigenvalue weighted by atomic mass is 10.0. The fourth-order valence-corrected chi connectivity index (χ4v) is 3.02. The Morgan fingerprint density at radius 1 is 0.609 bits per heavy atom. The Labute approximate surface area is 135 Å². The molecule has 0 spiro atoms. The molecule has 0 aliphatic heterocycles. The van der Waals surface area contributed by atoms with Crippen molar-refractivity contribution >= 4 is 9.84 Å². The van der Waals surface area contributed by atoms with E-state index >= 15 is 0 Å². The average molecular weight is 326 g/mol. The predicted molar refractivity (Wildman–Crippen MR) is 90.4 cm³/mol. The van der Waals surface area contributed by atoms with Gasteiger partial charge < -0.3 is 0 Å². The van der Waals surface area contributed by atoms with Crippen LogP contribution in [0.15, 0.2) is 77.7 Å². The zero-order chi connectivity index (χ0) is 16.4. The summed E-state index contributed by atoms with van der Waals surface area (Å²) in [4.78, 5) is 0.309. The lowest BCUT2D eigenvalue weighted by molar-refractivity contribution is 0.602. The quantitative estimate of drug-likeness (QED) is 0.707. The van der Waals surface area contributed by atoms with Gasteiger partial charge in [-0.2, -0.15) is 0 Å². The third-order valence-corrected chi connectivity index (χ3v) is 4.81. The summed E-state index contributed by atoms with van der Waals surface area (Å²) in [6, 6.07) is 21.0. The Bertz CT molecular complexity index is 911. The first-order chi connectivity index (χ1) is 10.9. The number of halogens is 1. The van der Waals surface area contributed by atoms with Crippen LogP contribution in [0.3, 0.4) is 0 Å². The van der Waals surface area contributed by atoms with Crippen molar-refractivity contribution in [3.8, 4) is 22.3 Å². The van der Waals surface area contributed by atoms with Crippen molar-refractivity contribution in [2.45, 2.75) is 4.90 Å². The summed E-state index contributed by atoms with van der Waals surface area (Å²) >= 11 is 0. The smallest absolute Gasteiger partial charge is 0.175 e. The first-order valence-corrected chi connectivity index (χ1v) is 8.99. The summed E-state index contributed by atoms with van der Waals surface area (Å²) in [6.07, 6.45) is 1.19. The van der Waals surface area contributed by atoms with Crippen LogP contribution in [0.2, 0.25) is 0 Å². The van der Waals surface area contributed by atoms with Gasteiger partial charge in [0.05, 0.1) is 4.90 Å². The van der Waals surface area contributed by atoms with Gasteiger partial charge in [0.25, 0.3) is 0 Å². The number of hydrogen-bond acceptors (Lipinski definition) is 2. The fraction of sp³-hybridized carbons (Fsp3) is 0.0526. The van der Waals surface area contributed by atoms with Gasteiger partial charge in [-0.05, 0) is 46.5 Å². The zero-order valence-corrected chi connectivity index (χ0v) is 13.3. The highest BCUT2D eigenvalue weighted by molar-refractivity contribution is 7.90. The summed E-state index contributed by atoms with van der Waals surface area (Å²) in [7, 11) is -3.18. The van der Waals surface area contributed by atoms with Crippen LogP contribution in [0.25, 0.3) is 22.3 Å². The Morgan fingerprint density at radius 3 is 1.26 bits per heavy atom. The van der Waals surface area contributed by atoms with Crippen molar-refractivity contribution in [3.05, 3.63) is 78.6 Å². The monoisotopic (exact) mass is 326 g/mol. The molecule has 3 aromatic rings. The zero-order valence-electron chi connectivity index (χ0n) is 12.5. The van der Waals surface area contributed by atoms with Gasteiger partial charge in [-0.25, -0.2) is 12.8 Å². The van der Waals surface area contributed by atoms with Crippen molar-refractivity contribution in [2.75, 3.05) is 6.26 Å². The Hall–Kier alpha value is -2.46. The fourth-order valence-electron chi connectivity index (χ4n) is 2.39. The third-order valence-electron chi connectivity index (χ3n) is 3.68. The minimum atomic E-state index is -3.18. The number of hydrogen-bond donors (Lipinski definition) is 0. The van der Waals surface area contributed by atoms with Crippen molar-refractivity contribution in [1.29, 1.82) is 0 Å². The summed E-state index contributed by atoms with van der Waals surface area (Å²) in [6.45, 7) is 0. The lowest BCUT2D eigenvalue weighted by Gasteiger charge is -2.06. The lowest BCUT2D eigenvalue weighted by Crippen LogP contribution is -1.96. The van der Waals surface area contributed by atoms with Gasteiger partial charge in [-0.3, -0.25) is 0 Å². The van der Waals surface area contributed by atoms with Gasteiger partial charge in [-0.1, -0.05) is 48.5 Å². The molecule has 2 nitrogen and oxygen atoms in total. The van der Waals surface area contributed by atoms with E-state index < -0.39 is 9.84 Å². The van der Waals surface area contributed by atoms with E-state index in [0.29, 0.717) is 4.90 Å². The van der Waals surface area contributed by atoms with Crippen LogP contribution < -0.4 is 0 Å². The molecular formula is C19H15FO2S. The van der Waals surface area contributed by atoms with Gasteiger partial charge in [-0.15, -0.1) is 0 Å².